The molecule has 578 valence electrons. The molecule has 2 unspecified atom stereocenters. The van der Waals surface area contributed by atoms with Crippen LogP contribution in [0, 0.1) is 0 Å². The van der Waals surface area contributed by atoms with Crippen molar-refractivity contribution in [3.05, 3.63) is 24.3 Å². The molecule has 0 heterocycles. The van der Waals surface area contributed by atoms with Crippen LogP contribution < -0.4 is 0 Å². The summed E-state index contributed by atoms with van der Waals surface area (Å²) in [7, 11) is -9.93. The van der Waals surface area contributed by atoms with Crippen LogP contribution in [0.1, 0.15) is 400 Å². The monoisotopic (exact) mass is 1430 g/mol. The Morgan fingerprint density at radius 3 is 0.776 bits per heavy atom. The predicted octanol–water partition coefficient (Wildman–Crippen LogP) is 23.3. The number of carbonyl (C=O) groups excluding carboxylic acids is 4. The van der Waals surface area contributed by atoms with Crippen LogP contribution in [0.15, 0.2) is 24.3 Å². The first-order valence-corrected chi connectivity index (χ1v) is 43.6. The number of aliphatic hydroxyl groups excluding tert-OH is 1. The first kappa shape index (κ1) is 95.5. The minimum absolute atomic E-state index is 0.102. The van der Waals surface area contributed by atoms with Crippen molar-refractivity contribution in [2.75, 3.05) is 39.6 Å². The highest BCUT2D eigenvalue weighted by Gasteiger charge is 2.30. The molecule has 0 fully saturated rings. The van der Waals surface area contributed by atoms with Crippen molar-refractivity contribution in [2.45, 2.75) is 418 Å². The molecule has 0 aromatic carbocycles. The fourth-order valence-corrected chi connectivity index (χ4v) is 13.3. The van der Waals surface area contributed by atoms with Crippen molar-refractivity contribution < 1.29 is 80.2 Å². The van der Waals surface area contributed by atoms with Gasteiger partial charge in [-0.2, -0.15) is 0 Å². The summed E-state index contributed by atoms with van der Waals surface area (Å²) in [6.45, 7) is 4.95. The highest BCUT2D eigenvalue weighted by Crippen LogP contribution is 2.45. The molecule has 0 saturated heterocycles. The van der Waals surface area contributed by atoms with E-state index in [4.69, 9.17) is 37.0 Å². The van der Waals surface area contributed by atoms with Gasteiger partial charge in [-0.1, -0.05) is 341 Å². The second-order valence-corrected chi connectivity index (χ2v) is 30.6. The first-order valence-electron chi connectivity index (χ1n) is 40.6. The molecule has 0 aliphatic carbocycles. The van der Waals surface area contributed by atoms with Crippen LogP contribution in [0.2, 0.25) is 0 Å². The quantitative estimate of drug-likeness (QED) is 0.0169. The summed E-state index contributed by atoms with van der Waals surface area (Å²) in [6.07, 6.45) is 67.1. The van der Waals surface area contributed by atoms with Crippen molar-refractivity contribution >= 4 is 39.5 Å². The number of ether oxygens (including phenoxy) is 4. The van der Waals surface area contributed by atoms with Crippen molar-refractivity contribution in [2.24, 2.45) is 0 Å². The molecule has 3 N–H and O–H groups in total. The molecule has 0 bridgehead atoms. The maximum atomic E-state index is 13.1. The third-order valence-corrected chi connectivity index (χ3v) is 19.9. The molecule has 0 aromatic rings. The van der Waals surface area contributed by atoms with Crippen molar-refractivity contribution in [1.29, 1.82) is 0 Å². The molecule has 98 heavy (non-hydrogen) atoms. The largest absolute Gasteiger partial charge is 0.472 e. The number of hydrogen-bond acceptors (Lipinski definition) is 15. The Labute approximate surface area is 599 Å². The lowest BCUT2D eigenvalue weighted by molar-refractivity contribution is -0.161. The molecule has 17 nitrogen and oxygen atoms in total. The highest BCUT2D eigenvalue weighted by atomic mass is 31.2. The zero-order valence-corrected chi connectivity index (χ0v) is 65.0. The Kier molecular flexibility index (Phi) is 71.0. The minimum atomic E-state index is -4.97. The number of phosphoric ester groups is 2. The van der Waals surface area contributed by atoms with Crippen LogP contribution in [0.5, 0.6) is 0 Å². The third-order valence-electron chi connectivity index (χ3n) is 17.9. The van der Waals surface area contributed by atoms with E-state index in [1.165, 1.54) is 205 Å². The second kappa shape index (κ2) is 72.9. The van der Waals surface area contributed by atoms with Crippen LogP contribution in [0.25, 0.3) is 0 Å². The SMILES string of the molecule is CCCCC/C=C\C/C=C\CCCCCCCC(=O)OC[C@H](COP(=O)(O)OC[C@H](O)COP(=O)(O)OC[C@@H](COC(=O)CCCCCCCCCCCCCCC)OC(=O)CCCCCCCCCCCCCCCCC)OC(=O)CCCCCCCCCCCCCCCCC. The van der Waals surface area contributed by atoms with E-state index in [0.29, 0.717) is 25.7 Å². The van der Waals surface area contributed by atoms with Crippen LogP contribution in [0.3, 0.4) is 0 Å². The molecule has 0 aromatic heterocycles. The summed E-state index contributed by atoms with van der Waals surface area (Å²) in [6, 6.07) is 0. The zero-order chi connectivity index (χ0) is 71.8. The van der Waals surface area contributed by atoms with Gasteiger partial charge in [0.25, 0.3) is 0 Å². The first-order chi connectivity index (χ1) is 47.7. The molecular weight excluding hydrogens is 1280 g/mol. The molecule has 5 atom stereocenters. The summed E-state index contributed by atoms with van der Waals surface area (Å²) < 4.78 is 68.6. The van der Waals surface area contributed by atoms with Crippen LogP contribution in [-0.4, -0.2) is 96.7 Å². The number of allylic oxidation sites excluding steroid dienone is 4. The van der Waals surface area contributed by atoms with E-state index in [2.05, 4.69) is 52.0 Å². The minimum Gasteiger partial charge on any atom is -0.462 e. The van der Waals surface area contributed by atoms with E-state index in [0.717, 1.165) is 116 Å². The maximum absolute atomic E-state index is 13.1. The lowest BCUT2D eigenvalue weighted by atomic mass is 10.0. The number of carbonyl (C=O) groups is 4. The van der Waals surface area contributed by atoms with Gasteiger partial charge in [-0.25, -0.2) is 9.13 Å². The van der Waals surface area contributed by atoms with Gasteiger partial charge < -0.3 is 33.8 Å². The number of esters is 4. The summed E-state index contributed by atoms with van der Waals surface area (Å²) in [5, 5.41) is 10.6. The Morgan fingerprint density at radius 1 is 0.286 bits per heavy atom. The van der Waals surface area contributed by atoms with Crippen LogP contribution >= 0.6 is 15.6 Å². The Hall–Kier alpha value is -2.46. The van der Waals surface area contributed by atoms with Gasteiger partial charge in [0, 0.05) is 25.7 Å². The fraction of sp³-hybridized carbons (Fsp3) is 0.899. The fourth-order valence-electron chi connectivity index (χ4n) is 11.7. The molecule has 0 aliphatic rings. The summed E-state index contributed by atoms with van der Waals surface area (Å²) in [5.41, 5.74) is 0. The molecule has 0 rings (SSSR count). The van der Waals surface area contributed by atoms with Crippen molar-refractivity contribution in [1.82, 2.24) is 0 Å². The van der Waals surface area contributed by atoms with Gasteiger partial charge in [0.05, 0.1) is 26.4 Å². The second-order valence-electron chi connectivity index (χ2n) is 27.7. The average molecular weight is 1430 g/mol. The number of aliphatic hydroxyl groups is 1. The standard InChI is InChI=1S/C79H150O17P2/c1-5-9-13-17-21-25-29-33-36-40-44-48-52-56-60-64-77(82)90-70-75(96-79(84)66-62-58-54-50-46-42-38-35-31-27-23-19-15-11-7-3)72-94-98(87,88)92-68-73(80)67-91-97(85,86)93-71-74(69-89-76(81)63-59-55-51-47-43-39-32-28-24-20-16-12-8-4)95-78(83)65-61-57-53-49-45-41-37-34-30-26-22-18-14-10-6-2/h21,25,33,36,73-75,80H,5-20,22-24,26-32,34-35,37-72H2,1-4H3,(H,85,86)(H,87,88)/b25-21-,36-33-/t73-,74-,75-/m1/s1. The van der Waals surface area contributed by atoms with Crippen LogP contribution in [-0.2, 0) is 65.4 Å². The normalized spacial score (nSPS) is 14.0. The molecule has 0 radical (unpaired) electrons. The molecule has 0 aliphatic heterocycles. The average Bonchev–Trinajstić information content (AvgIpc) is 1.04. The van der Waals surface area contributed by atoms with Gasteiger partial charge in [-0.05, 0) is 57.8 Å². The Bertz CT molecular complexity index is 1950. The third kappa shape index (κ3) is 71.9. The summed E-state index contributed by atoms with van der Waals surface area (Å²) in [4.78, 5) is 73.0. The molecule has 0 amide bonds. The molecular formula is C79H150O17P2. The highest BCUT2D eigenvalue weighted by molar-refractivity contribution is 7.47. The number of hydrogen-bond donors (Lipinski definition) is 3. The Morgan fingerprint density at radius 2 is 0.500 bits per heavy atom. The lowest BCUT2D eigenvalue weighted by Gasteiger charge is -2.21. The summed E-state index contributed by atoms with van der Waals surface area (Å²) >= 11 is 0. The van der Waals surface area contributed by atoms with E-state index < -0.39 is 97.5 Å². The van der Waals surface area contributed by atoms with E-state index in [-0.39, 0.29) is 25.7 Å². The number of unbranched alkanes of at least 4 members (excludes halogenated alkanes) is 48. The van der Waals surface area contributed by atoms with Gasteiger partial charge in [0.15, 0.2) is 12.2 Å². The van der Waals surface area contributed by atoms with Gasteiger partial charge >= 0.3 is 39.5 Å². The molecule has 19 heteroatoms. The van der Waals surface area contributed by atoms with E-state index >= 15 is 0 Å². The van der Waals surface area contributed by atoms with Crippen LogP contribution in [0.4, 0.5) is 0 Å². The van der Waals surface area contributed by atoms with Gasteiger partial charge in [-0.3, -0.25) is 37.3 Å². The van der Waals surface area contributed by atoms with E-state index in [9.17, 15) is 43.2 Å². The summed E-state index contributed by atoms with van der Waals surface area (Å²) in [5.74, 6) is -2.13. The topological polar surface area (TPSA) is 237 Å². The van der Waals surface area contributed by atoms with Gasteiger partial charge in [-0.15, -0.1) is 0 Å². The molecule has 0 spiro atoms. The Balaban J connectivity index is 5.30. The predicted molar refractivity (Wildman–Crippen MR) is 400 cm³/mol. The van der Waals surface area contributed by atoms with E-state index in [1.54, 1.807) is 0 Å². The van der Waals surface area contributed by atoms with E-state index in [1.807, 2.05) is 0 Å². The van der Waals surface area contributed by atoms with Crippen molar-refractivity contribution in [3.8, 4) is 0 Å². The molecule has 0 saturated carbocycles. The number of phosphoric acid groups is 2. The van der Waals surface area contributed by atoms with Gasteiger partial charge in [0.1, 0.15) is 19.3 Å². The zero-order valence-electron chi connectivity index (χ0n) is 63.2. The number of rotatable bonds is 78. The maximum Gasteiger partial charge on any atom is 0.472 e. The van der Waals surface area contributed by atoms with Gasteiger partial charge in [0.2, 0.25) is 0 Å². The van der Waals surface area contributed by atoms with Crippen molar-refractivity contribution in [3.63, 3.8) is 0 Å². The lowest BCUT2D eigenvalue weighted by Crippen LogP contribution is -2.30. The smallest absolute Gasteiger partial charge is 0.462 e.